The Hall–Kier alpha value is -3.61. The van der Waals surface area contributed by atoms with Gasteiger partial charge in [0.15, 0.2) is 0 Å². The van der Waals surface area contributed by atoms with Crippen molar-refractivity contribution in [2.75, 3.05) is 13.2 Å². The average Bonchev–Trinajstić information content (AvgIpc) is 3.07. The Kier molecular flexibility index (Phi) is 8.46. The Balaban J connectivity index is 1.98. The number of carbonyl (C=O) groups excluding carboxylic acids is 3. The molecule has 1 aliphatic rings. The second-order valence-electron chi connectivity index (χ2n) is 8.24. The lowest BCUT2D eigenvalue weighted by Gasteiger charge is -2.25. The number of benzene rings is 2. The Labute approximate surface area is 200 Å². The maximum absolute atomic E-state index is 13.0. The second-order valence-corrected chi connectivity index (χ2v) is 8.24. The van der Waals surface area contributed by atoms with E-state index < -0.39 is 23.7 Å². The molecule has 0 radical (unpaired) electrons. The lowest BCUT2D eigenvalue weighted by Crippen LogP contribution is -2.30. The maximum Gasteiger partial charge on any atom is 0.308 e. The fraction of sp³-hybridized carbons (Fsp3) is 0.370. The molecule has 1 heterocycles. The van der Waals surface area contributed by atoms with Crippen LogP contribution in [0.4, 0.5) is 0 Å². The molecule has 1 aliphatic heterocycles. The largest absolute Gasteiger partial charge is 0.507 e. The van der Waals surface area contributed by atoms with Crippen LogP contribution in [0, 0.1) is 0 Å². The molecule has 2 aromatic carbocycles. The fourth-order valence-electron chi connectivity index (χ4n) is 4.02. The van der Waals surface area contributed by atoms with Crippen molar-refractivity contribution < 1.29 is 29.0 Å². The molecule has 0 saturated carbocycles. The molecule has 1 amide bonds. The average molecular weight is 466 g/mol. The number of likely N-dealkylation sites (tertiary alicyclic amines) is 1. The molecule has 2 aromatic rings. The smallest absolute Gasteiger partial charge is 0.308 e. The van der Waals surface area contributed by atoms with Crippen LogP contribution in [0.5, 0.6) is 11.5 Å². The molecule has 1 N–H and O–H groups in total. The van der Waals surface area contributed by atoms with Crippen molar-refractivity contribution in [2.24, 2.45) is 0 Å². The molecule has 1 unspecified atom stereocenters. The van der Waals surface area contributed by atoms with Crippen LogP contribution in [0.2, 0.25) is 0 Å². The van der Waals surface area contributed by atoms with Crippen molar-refractivity contribution in [1.29, 1.82) is 0 Å². The molecule has 7 nitrogen and oxygen atoms in total. The quantitative estimate of drug-likeness (QED) is 0.132. The summed E-state index contributed by atoms with van der Waals surface area (Å²) in [7, 11) is 0. The molecule has 7 heteroatoms. The highest BCUT2D eigenvalue weighted by Gasteiger charge is 2.45. The van der Waals surface area contributed by atoms with Crippen LogP contribution in [0.15, 0.2) is 54.1 Å². The number of Topliss-reactive ketones (excluding diaryl/α,β-unsaturated/α-hetero) is 1. The van der Waals surface area contributed by atoms with Crippen LogP contribution >= 0.6 is 0 Å². The number of ether oxygens (including phenoxy) is 2. The second kappa shape index (κ2) is 11.5. The minimum absolute atomic E-state index is 0.00930. The molecule has 1 saturated heterocycles. The molecule has 3 rings (SSSR count). The van der Waals surface area contributed by atoms with E-state index in [2.05, 4.69) is 6.92 Å². The highest BCUT2D eigenvalue weighted by Crippen LogP contribution is 2.40. The van der Waals surface area contributed by atoms with Gasteiger partial charge in [-0.15, -0.1) is 0 Å². The minimum atomic E-state index is -0.791. The van der Waals surface area contributed by atoms with Gasteiger partial charge in [0, 0.05) is 19.0 Å². The number of hydrogen-bond donors (Lipinski definition) is 1. The zero-order valence-corrected chi connectivity index (χ0v) is 19.9. The monoisotopic (exact) mass is 465 g/mol. The van der Waals surface area contributed by atoms with Gasteiger partial charge in [0.2, 0.25) is 0 Å². The summed E-state index contributed by atoms with van der Waals surface area (Å²) >= 11 is 0. The standard InChI is InChI=1S/C27H31NO6/c1-4-6-7-16-33-21-13-11-19(12-14-21)25(30)23-24(28(15-5-2)27(32)26(23)31)20-9-8-10-22(17-20)34-18(3)29/h8-14,17,24,30H,4-7,15-16H2,1-3H3/b25-23-. The third-order valence-corrected chi connectivity index (χ3v) is 5.58. The minimum Gasteiger partial charge on any atom is -0.507 e. The number of ketones is 1. The molecular weight excluding hydrogens is 434 g/mol. The summed E-state index contributed by atoms with van der Waals surface area (Å²) in [6.45, 7) is 6.29. The summed E-state index contributed by atoms with van der Waals surface area (Å²) in [4.78, 5) is 38.7. The van der Waals surface area contributed by atoms with Gasteiger partial charge in [-0.05, 0) is 54.8 Å². The fourth-order valence-corrected chi connectivity index (χ4v) is 4.02. The third-order valence-electron chi connectivity index (χ3n) is 5.58. The van der Waals surface area contributed by atoms with E-state index in [1.807, 2.05) is 6.92 Å². The number of amides is 1. The number of rotatable bonds is 10. The van der Waals surface area contributed by atoms with E-state index in [9.17, 15) is 19.5 Å². The number of hydrogen-bond acceptors (Lipinski definition) is 6. The molecule has 34 heavy (non-hydrogen) atoms. The van der Waals surface area contributed by atoms with Crippen molar-refractivity contribution in [3.05, 3.63) is 65.2 Å². The predicted molar refractivity (Wildman–Crippen MR) is 129 cm³/mol. The SMILES string of the molecule is CCCCCOc1ccc(/C(O)=C2/C(=O)C(=O)N(CCC)C2c2cccc(OC(C)=O)c2)cc1. The van der Waals surface area contributed by atoms with Gasteiger partial charge in [-0.25, -0.2) is 0 Å². The number of unbranched alkanes of at least 4 members (excludes halogenated alkanes) is 2. The lowest BCUT2D eigenvalue weighted by atomic mass is 9.95. The molecule has 180 valence electrons. The number of aliphatic hydroxyl groups is 1. The van der Waals surface area contributed by atoms with Gasteiger partial charge in [0.05, 0.1) is 18.2 Å². The highest BCUT2D eigenvalue weighted by atomic mass is 16.5. The lowest BCUT2D eigenvalue weighted by molar-refractivity contribution is -0.139. The molecule has 0 aromatic heterocycles. The summed E-state index contributed by atoms with van der Waals surface area (Å²) in [5, 5.41) is 11.1. The van der Waals surface area contributed by atoms with Crippen molar-refractivity contribution in [1.82, 2.24) is 4.90 Å². The first-order valence-electron chi connectivity index (χ1n) is 11.7. The van der Waals surface area contributed by atoms with E-state index in [0.29, 0.717) is 42.2 Å². The van der Waals surface area contributed by atoms with Gasteiger partial charge in [0.1, 0.15) is 17.3 Å². The Morgan fingerprint density at radius 2 is 1.74 bits per heavy atom. The maximum atomic E-state index is 13.0. The number of aliphatic hydroxyl groups excluding tert-OH is 1. The zero-order valence-electron chi connectivity index (χ0n) is 19.9. The molecule has 1 fully saturated rings. The van der Waals surface area contributed by atoms with Crippen molar-refractivity contribution in [3.8, 4) is 11.5 Å². The molecule has 0 spiro atoms. The van der Waals surface area contributed by atoms with Gasteiger partial charge in [-0.3, -0.25) is 14.4 Å². The molecule has 1 atom stereocenters. The summed E-state index contributed by atoms with van der Waals surface area (Å²) in [6, 6.07) is 12.7. The Bertz CT molecular complexity index is 1070. The summed E-state index contributed by atoms with van der Waals surface area (Å²) in [5.41, 5.74) is 0.996. The van der Waals surface area contributed by atoms with Crippen LogP contribution in [0.3, 0.4) is 0 Å². The van der Waals surface area contributed by atoms with Crippen molar-refractivity contribution >= 4 is 23.4 Å². The number of carbonyl (C=O) groups is 3. The van der Waals surface area contributed by atoms with Gasteiger partial charge in [-0.1, -0.05) is 38.8 Å². The van der Waals surface area contributed by atoms with Gasteiger partial charge in [0.25, 0.3) is 11.7 Å². The van der Waals surface area contributed by atoms with Crippen molar-refractivity contribution in [2.45, 2.75) is 52.5 Å². The highest BCUT2D eigenvalue weighted by molar-refractivity contribution is 6.46. The van der Waals surface area contributed by atoms with Crippen LogP contribution in [-0.2, 0) is 14.4 Å². The predicted octanol–water partition coefficient (Wildman–Crippen LogP) is 5.01. The van der Waals surface area contributed by atoms with E-state index in [1.165, 1.54) is 11.8 Å². The molecule has 0 bridgehead atoms. The van der Waals surface area contributed by atoms with Gasteiger partial charge >= 0.3 is 5.97 Å². The van der Waals surface area contributed by atoms with Crippen LogP contribution in [0.25, 0.3) is 5.76 Å². The van der Waals surface area contributed by atoms with Crippen LogP contribution in [0.1, 0.15) is 63.6 Å². The van der Waals surface area contributed by atoms with Gasteiger partial charge < -0.3 is 19.5 Å². The van der Waals surface area contributed by atoms with Gasteiger partial charge in [-0.2, -0.15) is 0 Å². The molecular formula is C27H31NO6. The Morgan fingerprint density at radius 1 is 1.00 bits per heavy atom. The summed E-state index contributed by atoms with van der Waals surface area (Å²) < 4.78 is 10.9. The Morgan fingerprint density at radius 3 is 2.38 bits per heavy atom. The zero-order chi connectivity index (χ0) is 24.7. The van der Waals surface area contributed by atoms with E-state index >= 15 is 0 Å². The van der Waals surface area contributed by atoms with E-state index in [1.54, 1.807) is 48.5 Å². The first-order chi connectivity index (χ1) is 16.4. The first kappa shape index (κ1) is 25.0. The first-order valence-corrected chi connectivity index (χ1v) is 11.7. The summed E-state index contributed by atoms with van der Waals surface area (Å²) in [6.07, 6.45) is 3.80. The van der Waals surface area contributed by atoms with Crippen molar-refractivity contribution in [3.63, 3.8) is 0 Å². The van der Waals surface area contributed by atoms with Crippen LogP contribution < -0.4 is 9.47 Å². The van der Waals surface area contributed by atoms with Crippen LogP contribution in [-0.4, -0.2) is 40.8 Å². The molecule has 0 aliphatic carbocycles. The number of nitrogens with zero attached hydrogens (tertiary/aromatic N) is 1. The number of esters is 1. The normalized spacial score (nSPS) is 17.1. The summed E-state index contributed by atoms with van der Waals surface area (Å²) in [5.74, 6) is -1.16. The van der Waals surface area contributed by atoms with E-state index in [4.69, 9.17) is 9.47 Å². The van der Waals surface area contributed by atoms with E-state index in [0.717, 1.165) is 19.3 Å². The van der Waals surface area contributed by atoms with E-state index in [-0.39, 0.29) is 11.3 Å². The third kappa shape index (κ3) is 5.65. The topological polar surface area (TPSA) is 93.1 Å².